The first kappa shape index (κ1) is 16.5. The Hall–Kier alpha value is -1.90. The molecule has 1 saturated carbocycles. The van der Waals surface area contributed by atoms with Crippen molar-refractivity contribution in [2.45, 2.75) is 33.6 Å². The summed E-state index contributed by atoms with van der Waals surface area (Å²) in [5.41, 5.74) is 2.38. The molecule has 1 aliphatic rings. The predicted molar refractivity (Wildman–Crippen MR) is 87.5 cm³/mol. The summed E-state index contributed by atoms with van der Waals surface area (Å²) in [4.78, 5) is 24.1. The minimum absolute atomic E-state index is 0.136. The average molecular weight is 300 g/mol. The van der Waals surface area contributed by atoms with Gasteiger partial charge in [0.25, 0.3) is 0 Å². The Labute approximate surface area is 132 Å². The molecule has 118 valence electrons. The summed E-state index contributed by atoms with van der Waals surface area (Å²) in [7, 11) is 1.37. The van der Waals surface area contributed by atoms with E-state index in [9.17, 15) is 9.59 Å². The Balaban J connectivity index is 2.26. The number of Topliss-reactive ketones (excluding diaryl/α,β-unsaturated/α-hetero) is 1. The van der Waals surface area contributed by atoms with E-state index in [4.69, 9.17) is 4.74 Å². The lowest BCUT2D eigenvalue weighted by atomic mass is 9.73. The SMILES string of the molecule is COC(=O)c1ccc(/C=C2\C(=O)[C@@H](C(C)C)CC[C@H]2C)cc1. The Kier molecular flexibility index (Phi) is 5.17. The third kappa shape index (κ3) is 3.46. The average Bonchev–Trinajstić information content (AvgIpc) is 2.50. The summed E-state index contributed by atoms with van der Waals surface area (Å²) in [5.74, 6) is 0.747. The van der Waals surface area contributed by atoms with Crippen molar-refractivity contribution in [2.24, 2.45) is 17.8 Å². The minimum atomic E-state index is -0.346. The van der Waals surface area contributed by atoms with Gasteiger partial charge < -0.3 is 4.74 Å². The van der Waals surface area contributed by atoms with Crippen LogP contribution in [0.4, 0.5) is 0 Å². The lowest BCUT2D eigenvalue weighted by Gasteiger charge is -2.30. The van der Waals surface area contributed by atoms with Gasteiger partial charge in [0.15, 0.2) is 5.78 Å². The van der Waals surface area contributed by atoms with Crippen LogP contribution in [-0.4, -0.2) is 18.9 Å². The fourth-order valence-corrected chi connectivity index (χ4v) is 3.04. The smallest absolute Gasteiger partial charge is 0.337 e. The molecule has 0 spiro atoms. The van der Waals surface area contributed by atoms with E-state index in [2.05, 4.69) is 20.8 Å². The topological polar surface area (TPSA) is 43.4 Å². The van der Waals surface area contributed by atoms with Crippen molar-refractivity contribution in [3.05, 3.63) is 41.0 Å². The van der Waals surface area contributed by atoms with E-state index < -0.39 is 0 Å². The van der Waals surface area contributed by atoms with Crippen LogP contribution < -0.4 is 0 Å². The second-order valence-electron chi connectivity index (χ2n) is 6.41. The lowest BCUT2D eigenvalue weighted by Crippen LogP contribution is -2.30. The van der Waals surface area contributed by atoms with Crippen molar-refractivity contribution in [1.82, 2.24) is 0 Å². The fourth-order valence-electron chi connectivity index (χ4n) is 3.04. The van der Waals surface area contributed by atoms with Crippen LogP contribution in [0.3, 0.4) is 0 Å². The molecule has 0 saturated heterocycles. The maximum Gasteiger partial charge on any atom is 0.337 e. The number of benzene rings is 1. The van der Waals surface area contributed by atoms with Gasteiger partial charge in [-0.1, -0.05) is 32.9 Å². The third-order valence-corrected chi connectivity index (χ3v) is 4.52. The second kappa shape index (κ2) is 6.91. The zero-order valence-electron chi connectivity index (χ0n) is 13.8. The van der Waals surface area contributed by atoms with Crippen LogP contribution in [0, 0.1) is 17.8 Å². The van der Waals surface area contributed by atoms with Crippen molar-refractivity contribution in [3.63, 3.8) is 0 Å². The van der Waals surface area contributed by atoms with Crippen molar-refractivity contribution in [2.75, 3.05) is 7.11 Å². The number of ether oxygens (including phenoxy) is 1. The quantitative estimate of drug-likeness (QED) is 0.623. The summed E-state index contributed by atoms with van der Waals surface area (Å²) in [6.07, 6.45) is 4.01. The first-order valence-corrected chi connectivity index (χ1v) is 7.88. The number of allylic oxidation sites excluding steroid dienone is 1. The van der Waals surface area contributed by atoms with Crippen LogP contribution in [0.5, 0.6) is 0 Å². The molecular weight excluding hydrogens is 276 g/mol. The molecule has 0 bridgehead atoms. The number of carbonyl (C=O) groups excluding carboxylic acids is 2. The molecule has 1 aromatic carbocycles. The molecule has 0 heterocycles. The molecule has 3 nitrogen and oxygen atoms in total. The third-order valence-electron chi connectivity index (χ3n) is 4.52. The van der Waals surface area contributed by atoms with Gasteiger partial charge in [0, 0.05) is 5.92 Å². The van der Waals surface area contributed by atoms with Gasteiger partial charge in [-0.05, 0) is 54.0 Å². The summed E-state index contributed by atoms with van der Waals surface area (Å²) >= 11 is 0. The maximum atomic E-state index is 12.7. The molecule has 0 amide bonds. The fraction of sp³-hybridized carbons (Fsp3) is 0.474. The first-order chi connectivity index (χ1) is 10.4. The number of rotatable bonds is 3. The number of carbonyl (C=O) groups is 2. The Morgan fingerprint density at radius 1 is 1.23 bits per heavy atom. The van der Waals surface area contributed by atoms with Crippen LogP contribution in [0.15, 0.2) is 29.8 Å². The number of hydrogen-bond acceptors (Lipinski definition) is 3. The van der Waals surface area contributed by atoms with Crippen LogP contribution in [0.25, 0.3) is 6.08 Å². The van der Waals surface area contributed by atoms with E-state index in [-0.39, 0.29) is 17.7 Å². The highest BCUT2D eigenvalue weighted by atomic mass is 16.5. The molecule has 22 heavy (non-hydrogen) atoms. The summed E-state index contributed by atoms with van der Waals surface area (Å²) < 4.78 is 4.69. The van der Waals surface area contributed by atoms with E-state index in [1.807, 2.05) is 18.2 Å². The molecule has 1 fully saturated rings. The first-order valence-electron chi connectivity index (χ1n) is 7.88. The van der Waals surface area contributed by atoms with E-state index in [0.29, 0.717) is 17.4 Å². The minimum Gasteiger partial charge on any atom is -0.465 e. The van der Waals surface area contributed by atoms with Gasteiger partial charge in [0.05, 0.1) is 12.7 Å². The van der Waals surface area contributed by atoms with E-state index in [1.165, 1.54) is 7.11 Å². The predicted octanol–water partition coefficient (Wildman–Crippen LogP) is 4.13. The van der Waals surface area contributed by atoms with Gasteiger partial charge in [0.2, 0.25) is 0 Å². The Morgan fingerprint density at radius 2 is 1.86 bits per heavy atom. The number of esters is 1. The molecule has 0 radical (unpaired) electrons. The van der Waals surface area contributed by atoms with Crippen LogP contribution >= 0.6 is 0 Å². The summed E-state index contributed by atoms with van der Waals surface area (Å²) in [6, 6.07) is 7.18. The van der Waals surface area contributed by atoms with Gasteiger partial charge in [-0.2, -0.15) is 0 Å². The number of hydrogen-bond donors (Lipinski definition) is 0. The lowest BCUT2D eigenvalue weighted by molar-refractivity contribution is -0.122. The highest BCUT2D eigenvalue weighted by Gasteiger charge is 2.32. The van der Waals surface area contributed by atoms with Gasteiger partial charge >= 0.3 is 5.97 Å². The molecule has 1 aromatic rings. The maximum absolute atomic E-state index is 12.7. The highest BCUT2D eigenvalue weighted by Crippen LogP contribution is 2.35. The summed E-state index contributed by atoms with van der Waals surface area (Å²) in [5, 5.41) is 0. The largest absolute Gasteiger partial charge is 0.465 e. The van der Waals surface area contributed by atoms with Crippen molar-refractivity contribution in [3.8, 4) is 0 Å². The molecule has 3 heteroatoms. The monoisotopic (exact) mass is 300 g/mol. The zero-order valence-corrected chi connectivity index (χ0v) is 13.8. The highest BCUT2D eigenvalue weighted by molar-refractivity contribution is 6.02. The van der Waals surface area contributed by atoms with Crippen molar-refractivity contribution in [1.29, 1.82) is 0 Å². The van der Waals surface area contributed by atoms with E-state index in [0.717, 1.165) is 24.0 Å². The number of ketones is 1. The van der Waals surface area contributed by atoms with Gasteiger partial charge in [-0.25, -0.2) is 4.79 Å². The summed E-state index contributed by atoms with van der Waals surface area (Å²) in [6.45, 7) is 6.34. The molecule has 0 aromatic heterocycles. The molecule has 1 aliphatic carbocycles. The normalized spacial score (nSPS) is 23.9. The van der Waals surface area contributed by atoms with Crippen molar-refractivity contribution < 1.29 is 14.3 Å². The van der Waals surface area contributed by atoms with E-state index in [1.54, 1.807) is 12.1 Å². The van der Waals surface area contributed by atoms with Crippen LogP contribution in [0.1, 0.15) is 49.5 Å². The van der Waals surface area contributed by atoms with Gasteiger partial charge in [0.1, 0.15) is 0 Å². The molecule has 0 aliphatic heterocycles. The molecule has 0 N–H and O–H groups in total. The molecule has 2 rings (SSSR count). The standard InChI is InChI=1S/C19H24O3/c1-12(2)16-10-5-13(3)17(18(16)20)11-14-6-8-15(9-7-14)19(21)22-4/h6-9,11-13,16H,5,10H2,1-4H3/b17-11-/t13-,16-/m1/s1. The van der Waals surface area contributed by atoms with Gasteiger partial charge in [-0.15, -0.1) is 0 Å². The van der Waals surface area contributed by atoms with Gasteiger partial charge in [-0.3, -0.25) is 4.79 Å². The Bertz CT molecular complexity index is 581. The second-order valence-corrected chi connectivity index (χ2v) is 6.41. The van der Waals surface area contributed by atoms with Crippen LogP contribution in [-0.2, 0) is 9.53 Å². The molecule has 2 atom stereocenters. The zero-order chi connectivity index (χ0) is 16.3. The van der Waals surface area contributed by atoms with E-state index >= 15 is 0 Å². The Morgan fingerprint density at radius 3 is 2.41 bits per heavy atom. The molecule has 0 unspecified atom stereocenters. The number of methoxy groups -OCH3 is 1. The van der Waals surface area contributed by atoms with Crippen LogP contribution in [0.2, 0.25) is 0 Å². The molecular formula is C19H24O3. The van der Waals surface area contributed by atoms with Crippen molar-refractivity contribution >= 4 is 17.8 Å².